The Kier molecular flexibility index (Phi) is 6.41. The van der Waals surface area contributed by atoms with Crippen molar-refractivity contribution in [1.29, 1.82) is 0 Å². The number of nitrogens with two attached hydrogens (primary N) is 1. The molecule has 0 spiro atoms. The first-order valence-electron chi connectivity index (χ1n) is 9.48. The Bertz CT molecular complexity index is 1080. The third kappa shape index (κ3) is 5.16. The lowest BCUT2D eigenvalue weighted by Crippen LogP contribution is -2.41. The van der Waals surface area contributed by atoms with Gasteiger partial charge in [-0.05, 0) is 49.1 Å². The van der Waals surface area contributed by atoms with Crippen molar-refractivity contribution in [3.05, 3.63) is 53.6 Å². The summed E-state index contributed by atoms with van der Waals surface area (Å²) in [6.45, 7) is 5.82. The molecule has 1 aromatic carbocycles. The average Bonchev–Trinajstić information content (AvgIpc) is 2.65. The van der Waals surface area contributed by atoms with Gasteiger partial charge in [0.15, 0.2) is 0 Å². The van der Waals surface area contributed by atoms with Crippen LogP contribution in [-0.2, 0) is 4.74 Å². The molecular formula is C22H23ClFN3O3. The van der Waals surface area contributed by atoms with Gasteiger partial charge in [0.2, 0.25) is 5.88 Å². The van der Waals surface area contributed by atoms with Gasteiger partial charge in [0.1, 0.15) is 23.0 Å². The molecule has 0 aliphatic heterocycles. The van der Waals surface area contributed by atoms with Crippen LogP contribution >= 0.6 is 11.6 Å². The van der Waals surface area contributed by atoms with Gasteiger partial charge < -0.3 is 15.2 Å². The van der Waals surface area contributed by atoms with Crippen LogP contribution < -0.4 is 10.5 Å². The molecule has 2 aromatic heterocycles. The molecule has 30 heavy (non-hydrogen) atoms. The maximum Gasteiger partial charge on any atom is 0.405 e. The van der Waals surface area contributed by atoms with Crippen molar-refractivity contribution in [2.24, 2.45) is 11.7 Å². The van der Waals surface area contributed by atoms with Crippen LogP contribution in [0.5, 0.6) is 5.88 Å². The van der Waals surface area contributed by atoms with Gasteiger partial charge in [0.05, 0.1) is 5.52 Å². The summed E-state index contributed by atoms with van der Waals surface area (Å²) in [5, 5.41) is 1.08. The second-order valence-corrected chi connectivity index (χ2v) is 8.20. The first-order valence-corrected chi connectivity index (χ1v) is 9.86. The van der Waals surface area contributed by atoms with E-state index in [1.807, 2.05) is 19.9 Å². The minimum absolute atomic E-state index is 0.0532. The van der Waals surface area contributed by atoms with Crippen molar-refractivity contribution in [2.45, 2.75) is 32.8 Å². The van der Waals surface area contributed by atoms with E-state index in [-0.39, 0.29) is 24.2 Å². The predicted molar refractivity (Wildman–Crippen MR) is 114 cm³/mol. The number of aromatic nitrogens is 2. The number of hydrogen-bond acceptors (Lipinski definition) is 5. The molecule has 0 saturated carbocycles. The molecule has 6 nitrogen and oxygen atoms in total. The standard InChI is InChI=1S/C22H23ClFN3O3/c1-13(2)10-22(3,30-21(25)28)12-29-20-18(23)8-14(11-27-20)16-6-7-26-19-9-15(24)4-5-17(16)19/h4-9,11,13H,10,12H2,1-3H3,(H2,25,28)/t22-/m0/s1. The first kappa shape index (κ1) is 21.8. The summed E-state index contributed by atoms with van der Waals surface area (Å²) >= 11 is 6.40. The van der Waals surface area contributed by atoms with Gasteiger partial charge in [-0.3, -0.25) is 4.98 Å². The van der Waals surface area contributed by atoms with Gasteiger partial charge in [0.25, 0.3) is 0 Å². The smallest absolute Gasteiger partial charge is 0.405 e. The lowest BCUT2D eigenvalue weighted by molar-refractivity contribution is -0.0196. The molecule has 3 aromatic rings. The third-order valence-electron chi connectivity index (χ3n) is 4.52. The topological polar surface area (TPSA) is 87.3 Å². The number of hydrogen-bond donors (Lipinski definition) is 1. The molecule has 0 fully saturated rings. The molecule has 0 radical (unpaired) electrons. The minimum atomic E-state index is -0.908. The van der Waals surface area contributed by atoms with Gasteiger partial charge in [-0.25, -0.2) is 14.2 Å². The molecule has 0 aliphatic carbocycles. The number of pyridine rings is 2. The highest BCUT2D eigenvalue weighted by atomic mass is 35.5. The van der Waals surface area contributed by atoms with E-state index in [0.29, 0.717) is 17.0 Å². The zero-order valence-electron chi connectivity index (χ0n) is 17.0. The Balaban J connectivity index is 1.85. The van der Waals surface area contributed by atoms with Gasteiger partial charge in [-0.2, -0.15) is 0 Å². The molecule has 158 valence electrons. The highest BCUT2D eigenvalue weighted by molar-refractivity contribution is 6.32. The van der Waals surface area contributed by atoms with E-state index in [2.05, 4.69) is 9.97 Å². The van der Waals surface area contributed by atoms with Crippen molar-refractivity contribution in [2.75, 3.05) is 6.61 Å². The summed E-state index contributed by atoms with van der Waals surface area (Å²) in [7, 11) is 0. The van der Waals surface area contributed by atoms with Crippen LogP contribution in [-0.4, -0.2) is 28.3 Å². The number of nitrogens with zero attached hydrogens (tertiary/aromatic N) is 2. The fourth-order valence-corrected chi connectivity index (χ4v) is 3.73. The van der Waals surface area contributed by atoms with E-state index in [9.17, 15) is 9.18 Å². The van der Waals surface area contributed by atoms with Crippen molar-refractivity contribution in [3.8, 4) is 17.0 Å². The molecule has 1 atom stereocenters. The number of primary amides is 1. The van der Waals surface area contributed by atoms with Crippen LogP contribution in [0.1, 0.15) is 27.2 Å². The average molecular weight is 432 g/mol. The number of rotatable bonds is 7. The largest absolute Gasteiger partial charge is 0.472 e. The van der Waals surface area contributed by atoms with Gasteiger partial charge in [-0.1, -0.05) is 25.4 Å². The first-order chi connectivity index (χ1) is 14.2. The number of ether oxygens (including phenoxy) is 2. The summed E-state index contributed by atoms with van der Waals surface area (Å²) in [5.74, 6) is 0.121. The lowest BCUT2D eigenvalue weighted by Gasteiger charge is -2.30. The number of amides is 1. The number of carbonyl (C=O) groups excluding carboxylic acids is 1. The fraction of sp³-hybridized carbons (Fsp3) is 0.318. The van der Waals surface area contributed by atoms with Crippen LogP contribution in [0.15, 0.2) is 42.7 Å². The summed E-state index contributed by atoms with van der Waals surface area (Å²) in [6, 6.07) is 7.96. The highest BCUT2D eigenvalue weighted by Crippen LogP contribution is 2.33. The number of fused-ring (bicyclic) bond motifs is 1. The molecule has 8 heteroatoms. The van der Waals surface area contributed by atoms with Gasteiger partial charge >= 0.3 is 6.09 Å². The van der Waals surface area contributed by atoms with E-state index in [4.69, 9.17) is 26.8 Å². The summed E-state index contributed by atoms with van der Waals surface area (Å²) in [5.41, 5.74) is 6.40. The molecule has 1 amide bonds. The van der Waals surface area contributed by atoms with Crippen LogP contribution in [0, 0.1) is 11.7 Å². The minimum Gasteiger partial charge on any atom is -0.472 e. The predicted octanol–water partition coefficient (Wildman–Crippen LogP) is 5.37. The molecule has 0 aliphatic rings. The van der Waals surface area contributed by atoms with Gasteiger partial charge in [0, 0.05) is 29.4 Å². The maximum absolute atomic E-state index is 13.5. The molecular weight excluding hydrogens is 409 g/mol. The normalized spacial score (nSPS) is 13.3. The molecule has 3 rings (SSSR count). The molecule has 2 N–H and O–H groups in total. The Labute approximate surface area is 179 Å². The molecule has 0 saturated heterocycles. The van der Waals surface area contributed by atoms with E-state index in [1.165, 1.54) is 12.1 Å². The van der Waals surface area contributed by atoms with Crippen molar-refractivity contribution in [1.82, 2.24) is 9.97 Å². The van der Waals surface area contributed by atoms with E-state index >= 15 is 0 Å². The van der Waals surface area contributed by atoms with Crippen LogP contribution in [0.25, 0.3) is 22.0 Å². The number of benzene rings is 1. The number of carbonyl (C=O) groups is 1. The van der Waals surface area contributed by atoms with Crippen LogP contribution in [0.4, 0.5) is 9.18 Å². The quantitative estimate of drug-likeness (QED) is 0.543. The second-order valence-electron chi connectivity index (χ2n) is 7.79. The lowest BCUT2D eigenvalue weighted by atomic mass is 9.95. The Morgan fingerprint density at radius 1 is 1.27 bits per heavy atom. The van der Waals surface area contributed by atoms with Crippen LogP contribution in [0.2, 0.25) is 5.02 Å². The zero-order chi connectivity index (χ0) is 21.9. The van der Waals surface area contributed by atoms with E-state index in [1.54, 1.807) is 31.5 Å². The van der Waals surface area contributed by atoms with Crippen molar-refractivity contribution < 1.29 is 18.7 Å². The monoisotopic (exact) mass is 431 g/mol. The second kappa shape index (κ2) is 8.83. The van der Waals surface area contributed by atoms with Crippen molar-refractivity contribution >= 4 is 28.6 Å². The Morgan fingerprint density at radius 2 is 2.03 bits per heavy atom. The maximum atomic E-state index is 13.5. The summed E-state index contributed by atoms with van der Waals surface area (Å²) in [4.78, 5) is 19.8. The highest BCUT2D eigenvalue weighted by Gasteiger charge is 2.31. The zero-order valence-corrected chi connectivity index (χ0v) is 17.7. The van der Waals surface area contributed by atoms with Crippen molar-refractivity contribution in [3.63, 3.8) is 0 Å². The SMILES string of the molecule is CC(C)C[C@@](C)(COc1ncc(-c2ccnc3cc(F)ccc23)cc1Cl)OC(N)=O. The molecule has 0 bridgehead atoms. The Hall–Kier alpha value is -2.93. The third-order valence-corrected chi connectivity index (χ3v) is 4.80. The Morgan fingerprint density at radius 3 is 2.70 bits per heavy atom. The number of halogens is 2. The molecule has 2 heterocycles. The summed E-state index contributed by atoms with van der Waals surface area (Å²) < 4.78 is 24.5. The molecule has 0 unspecified atom stereocenters. The summed E-state index contributed by atoms with van der Waals surface area (Å²) in [6.07, 6.45) is 2.92. The van der Waals surface area contributed by atoms with Crippen LogP contribution in [0.3, 0.4) is 0 Å². The van der Waals surface area contributed by atoms with E-state index in [0.717, 1.165) is 16.5 Å². The van der Waals surface area contributed by atoms with E-state index < -0.39 is 11.7 Å². The fourth-order valence-electron chi connectivity index (χ4n) is 3.51. The van der Waals surface area contributed by atoms with Gasteiger partial charge in [-0.15, -0.1) is 0 Å².